The lowest BCUT2D eigenvalue weighted by Gasteiger charge is -2.28. The van der Waals surface area contributed by atoms with Crippen LogP contribution in [0.5, 0.6) is 0 Å². The van der Waals surface area contributed by atoms with E-state index in [9.17, 15) is 8.42 Å². The number of nitrogen functional groups attached to an aromatic ring is 1. The number of hydrogen-bond acceptors (Lipinski definition) is 6. The Morgan fingerprint density at radius 3 is 2.37 bits per heavy atom. The predicted molar refractivity (Wildman–Crippen MR) is 80.2 cm³/mol. The molecule has 19 heavy (non-hydrogen) atoms. The molecule has 1 unspecified atom stereocenters. The lowest BCUT2D eigenvalue weighted by Crippen LogP contribution is -2.33. The van der Waals surface area contributed by atoms with Crippen LogP contribution < -0.4 is 10.6 Å². The number of nitrogens with zero attached hydrogens (tertiary/aromatic N) is 3. The highest BCUT2D eigenvalue weighted by Gasteiger charge is 2.31. The van der Waals surface area contributed by atoms with Crippen molar-refractivity contribution in [3.05, 3.63) is 0 Å². The number of aromatic nitrogens is 1. The molecule has 0 fully saturated rings. The van der Waals surface area contributed by atoms with Gasteiger partial charge in [0, 0.05) is 26.7 Å². The summed E-state index contributed by atoms with van der Waals surface area (Å²) < 4.78 is 29.9. The Hall–Kier alpha value is -0.860. The summed E-state index contributed by atoms with van der Waals surface area (Å²) in [7, 11) is -0.586. The van der Waals surface area contributed by atoms with Crippen LogP contribution in [0.15, 0.2) is 4.90 Å². The van der Waals surface area contributed by atoms with Crippen LogP contribution in [0.1, 0.15) is 27.2 Å². The maximum absolute atomic E-state index is 12.4. The number of nitrogens with two attached hydrogens (primary N) is 1. The Morgan fingerprint density at radius 1 is 1.37 bits per heavy atom. The molecule has 0 amide bonds. The molecule has 2 N–H and O–H groups in total. The Kier molecular flexibility index (Phi) is 5.17. The van der Waals surface area contributed by atoms with Crippen LogP contribution in [0.2, 0.25) is 0 Å². The normalized spacial score (nSPS) is 13.8. The number of rotatable bonds is 6. The topological polar surface area (TPSA) is 79.5 Å². The zero-order chi connectivity index (χ0) is 14.8. The van der Waals surface area contributed by atoms with E-state index in [0.29, 0.717) is 11.5 Å². The summed E-state index contributed by atoms with van der Waals surface area (Å²) in [5.41, 5.74) is 5.77. The van der Waals surface area contributed by atoms with E-state index < -0.39 is 10.0 Å². The monoisotopic (exact) mass is 306 g/mol. The van der Waals surface area contributed by atoms with Crippen LogP contribution in [0.4, 0.5) is 10.8 Å². The second kappa shape index (κ2) is 6.06. The minimum absolute atomic E-state index is 0.0791. The zero-order valence-corrected chi connectivity index (χ0v) is 13.7. The summed E-state index contributed by atoms with van der Waals surface area (Å²) in [6, 6.07) is 0.237. The summed E-state index contributed by atoms with van der Waals surface area (Å²) in [5.74, 6) is 0.0791. The molecule has 0 aliphatic rings. The SMILES string of the molecule is CCC(C)N(CC)c1snc(N)c1S(=O)(=O)N(C)C. The third-order valence-electron chi connectivity index (χ3n) is 3.12. The van der Waals surface area contributed by atoms with Crippen LogP contribution in [-0.2, 0) is 10.0 Å². The molecule has 0 aromatic carbocycles. The molecule has 110 valence electrons. The molecule has 0 radical (unpaired) electrons. The smallest absolute Gasteiger partial charge is 0.249 e. The molecule has 8 heteroatoms. The van der Waals surface area contributed by atoms with Gasteiger partial charge in [0.25, 0.3) is 0 Å². The molecule has 0 bridgehead atoms. The largest absolute Gasteiger partial charge is 0.382 e. The van der Waals surface area contributed by atoms with Crippen molar-refractivity contribution >= 4 is 32.4 Å². The van der Waals surface area contributed by atoms with Gasteiger partial charge in [-0.15, -0.1) is 0 Å². The average molecular weight is 306 g/mol. The van der Waals surface area contributed by atoms with Crippen molar-refractivity contribution in [3.8, 4) is 0 Å². The molecule has 6 nitrogen and oxygen atoms in total. The molecule has 1 aromatic rings. The Balaban J connectivity index is 3.40. The first-order valence-corrected chi connectivity index (χ1v) is 8.42. The number of hydrogen-bond donors (Lipinski definition) is 1. The van der Waals surface area contributed by atoms with E-state index >= 15 is 0 Å². The predicted octanol–water partition coefficient (Wildman–Crippen LogP) is 1.60. The van der Waals surface area contributed by atoms with E-state index in [4.69, 9.17) is 5.73 Å². The molecule has 1 rings (SSSR count). The van der Waals surface area contributed by atoms with Gasteiger partial charge < -0.3 is 10.6 Å². The third kappa shape index (κ3) is 3.01. The molecule has 1 heterocycles. The van der Waals surface area contributed by atoms with E-state index in [0.717, 1.165) is 18.0 Å². The van der Waals surface area contributed by atoms with E-state index in [1.165, 1.54) is 18.4 Å². The summed E-state index contributed by atoms with van der Waals surface area (Å²) >= 11 is 1.14. The first kappa shape index (κ1) is 16.2. The highest BCUT2D eigenvalue weighted by molar-refractivity contribution is 7.89. The van der Waals surface area contributed by atoms with Crippen LogP contribution in [0, 0.1) is 0 Å². The van der Waals surface area contributed by atoms with Crippen molar-refractivity contribution in [3.63, 3.8) is 0 Å². The number of sulfonamides is 1. The fourth-order valence-corrected chi connectivity index (χ4v) is 4.14. The Morgan fingerprint density at radius 2 is 1.95 bits per heavy atom. The maximum atomic E-state index is 12.4. The van der Waals surface area contributed by atoms with Crippen molar-refractivity contribution in [2.24, 2.45) is 0 Å². The molecule has 0 aliphatic heterocycles. The lowest BCUT2D eigenvalue weighted by atomic mass is 10.2. The van der Waals surface area contributed by atoms with Gasteiger partial charge in [-0.2, -0.15) is 4.37 Å². The Bertz CT molecular complexity index is 525. The summed E-state index contributed by atoms with van der Waals surface area (Å²) in [6.07, 6.45) is 0.924. The zero-order valence-electron chi connectivity index (χ0n) is 12.0. The second-order valence-corrected chi connectivity index (χ2v) is 7.37. The first-order chi connectivity index (χ1) is 8.77. The van der Waals surface area contributed by atoms with Crippen LogP contribution >= 0.6 is 11.5 Å². The fourth-order valence-electron chi connectivity index (χ4n) is 1.77. The standard InChI is InChI=1S/C11H22N4O2S2/c1-6-8(3)15(7-2)11-9(10(12)13-18-11)19(16,17)14(4)5/h8H,6-7H2,1-5H3,(H2,12,13). The summed E-state index contributed by atoms with van der Waals surface area (Å²) in [4.78, 5) is 2.16. The van der Waals surface area contributed by atoms with Crippen molar-refractivity contribution in [2.75, 3.05) is 31.3 Å². The summed E-state index contributed by atoms with van der Waals surface area (Å²) in [5, 5.41) is 0.628. The molecule has 0 saturated heterocycles. The van der Waals surface area contributed by atoms with Crippen LogP contribution in [0.25, 0.3) is 0 Å². The van der Waals surface area contributed by atoms with Crippen molar-refractivity contribution < 1.29 is 8.42 Å². The maximum Gasteiger partial charge on any atom is 0.249 e. The average Bonchev–Trinajstić information content (AvgIpc) is 2.72. The first-order valence-electron chi connectivity index (χ1n) is 6.21. The minimum Gasteiger partial charge on any atom is -0.382 e. The van der Waals surface area contributed by atoms with Gasteiger partial charge >= 0.3 is 0 Å². The molecule has 1 aromatic heterocycles. The second-order valence-electron chi connectivity index (χ2n) is 4.53. The van der Waals surface area contributed by atoms with Gasteiger partial charge in [-0.3, -0.25) is 0 Å². The van der Waals surface area contributed by atoms with E-state index in [2.05, 4.69) is 18.2 Å². The lowest BCUT2D eigenvalue weighted by molar-refractivity contribution is 0.520. The molecular formula is C11H22N4O2S2. The van der Waals surface area contributed by atoms with Gasteiger partial charge in [0.1, 0.15) is 5.00 Å². The molecule has 0 aliphatic carbocycles. The van der Waals surface area contributed by atoms with Crippen LogP contribution in [-0.4, -0.2) is 43.8 Å². The van der Waals surface area contributed by atoms with Gasteiger partial charge in [0.2, 0.25) is 10.0 Å². The molecule has 0 spiro atoms. The summed E-state index contributed by atoms with van der Waals surface area (Å²) in [6.45, 7) is 6.84. The van der Waals surface area contributed by atoms with Gasteiger partial charge in [0.15, 0.2) is 10.7 Å². The quantitative estimate of drug-likeness (QED) is 0.863. The highest BCUT2D eigenvalue weighted by Crippen LogP contribution is 2.37. The van der Waals surface area contributed by atoms with Gasteiger partial charge in [0.05, 0.1) is 0 Å². The number of anilines is 2. The van der Waals surface area contributed by atoms with Crippen LogP contribution in [0.3, 0.4) is 0 Å². The third-order valence-corrected chi connectivity index (χ3v) is 6.03. The minimum atomic E-state index is -3.58. The van der Waals surface area contributed by atoms with Crippen molar-refractivity contribution in [1.29, 1.82) is 0 Å². The van der Waals surface area contributed by atoms with Gasteiger partial charge in [-0.1, -0.05) is 6.92 Å². The van der Waals surface area contributed by atoms with E-state index in [-0.39, 0.29) is 16.8 Å². The highest BCUT2D eigenvalue weighted by atomic mass is 32.2. The molecular weight excluding hydrogens is 284 g/mol. The Labute approximate surface area is 119 Å². The fraction of sp³-hybridized carbons (Fsp3) is 0.727. The van der Waals surface area contributed by atoms with Crippen molar-refractivity contribution in [1.82, 2.24) is 8.68 Å². The van der Waals surface area contributed by atoms with Crippen molar-refractivity contribution in [2.45, 2.75) is 38.1 Å². The van der Waals surface area contributed by atoms with Gasteiger partial charge in [-0.05, 0) is 31.8 Å². The molecule has 1 atom stereocenters. The van der Waals surface area contributed by atoms with E-state index in [1.54, 1.807) is 0 Å². The van der Waals surface area contributed by atoms with Gasteiger partial charge in [-0.25, -0.2) is 12.7 Å². The molecule has 0 saturated carbocycles. The van der Waals surface area contributed by atoms with E-state index in [1.807, 2.05) is 11.8 Å².